The van der Waals surface area contributed by atoms with Crippen molar-refractivity contribution in [3.8, 4) is 22.6 Å². The predicted octanol–water partition coefficient (Wildman–Crippen LogP) is 12.9. The standard InChI is InChI=1S/C43H26N2O2S/c1-3-10-28(11-4-1)43-44-35-24-25-37-40(41(35)47-43)34-23-20-29(26-38(34)46-37)27-18-21-31(22-19-27)45(30-12-5-2-6-13-30)36-16-9-15-33-32-14-7-8-17-39(32)48-42(33)36/h1-26H. The minimum atomic E-state index is 0.609. The van der Waals surface area contributed by atoms with E-state index in [2.05, 4.69) is 120 Å². The Balaban J connectivity index is 1.06. The maximum atomic E-state index is 6.39. The van der Waals surface area contributed by atoms with Crippen LogP contribution in [0.1, 0.15) is 0 Å². The number of para-hydroxylation sites is 1. The van der Waals surface area contributed by atoms with Crippen LogP contribution in [0.4, 0.5) is 17.1 Å². The molecule has 0 aliphatic rings. The summed E-state index contributed by atoms with van der Waals surface area (Å²) in [5, 5.41) is 4.54. The molecule has 0 saturated carbocycles. The zero-order valence-corrected chi connectivity index (χ0v) is 26.4. The number of rotatable bonds is 5. The number of oxazole rings is 1. The Hall–Kier alpha value is -6.17. The van der Waals surface area contributed by atoms with Gasteiger partial charge in [-0.1, -0.05) is 84.9 Å². The first-order chi connectivity index (χ1) is 23.8. The second-order valence-corrected chi connectivity index (χ2v) is 13.0. The van der Waals surface area contributed by atoms with Crippen molar-refractivity contribution in [3.63, 3.8) is 0 Å². The smallest absolute Gasteiger partial charge is 0.227 e. The summed E-state index contributed by atoms with van der Waals surface area (Å²) in [7, 11) is 0. The van der Waals surface area contributed by atoms with Gasteiger partial charge in [0, 0.05) is 37.8 Å². The summed E-state index contributed by atoms with van der Waals surface area (Å²) >= 11 is 1.85. The van der Waals surface area contributed by atoms with Crippen LogP contribution in [0.15, 0.2) is 167 Å². The molecule has 0 spiro atoms. The summed E-state index contributed by atoms with van der Waals surface area (Å²) < 4.78 is 15.3. The van der Waals surface area contributed by atoms with Crippen LogP contribution in [0.2, 0.25) is 0 Å². The van der Waals surface area contributed by atoms with Crippen LogP contribution in [-0.2, 0) is 0 Å². The predicted molar refractivity (Wildman–Crippen MR) is 200 cm³/mol. The van der Waals surface area contributed by atoms with Gasteiger partial charge in [0.15, 0.2) is 5.58 Å². The van der Waals surface area contributed by atoms with Gasteiger partial charge in [-0.25, -0.2) is 4.98 Å². The van der Waals surface area contributed by atoms with Gasteiger partial charge in [0.05, 0.1) is 15.8 Å². The van der Waals surface area contributed by atoms with Crippen molar-refractivity contribution in [2.75, 3.05) is 4.90 Å². The lowest BCUT2D eigenvalue weighted by molar-refractivity contribution is 0.622. The Morgan fingerprint density at radius 3 is 2.08 bits per heavy atom. The number of nitrogens with zero attached hydrogens (tertiary/aromatic N) is 2. The van der Waals surface area contributed by atoms with Gasteiger partial charge < -0.3 is 13.7 Å². The van der Waals surface area contributed by atoms with Crippen molar-refractivity contribution in [2.24, 2.45) is 0 Å². The molecule has 0 bridgehead atoms. The molecule has 0 aliphatic carbocycles. The van der Waals surface area contributed by atoms with E-state index in [4.69, 9.17) is 13.8 Å². The van der Waals surface area contributed by atoms with E-state index in [0.29, 0.717) is 5.89 Å². The molecule has 5 heteroatoms. The lowest BCUT2D eigenvalue weighted by Crippen LogP contribution is -2.09. The lowest BCUT2D eigenvalue weighted by atomic mass is 10.0. The van der Waals surface area contributed by atoms with Crippen LogP contribution >= 0.6 is 11.3 Å². The van der Waals surface area contributed by atoms with Gasteiger partial charge in [0.25, 0.3) is 0 Å². The number of benzene rings is 7. The maximum absolute atomic E-state index is 6.39. The van der Waals surface area contributed by atoms with E-state index in [-0.39, 0.29) is 0 Å². The average Bonchev–Trinajstić information content (AvgIpc) is 3.86. The SMILES string of the molecule is c1ccc(-c2nc3ccc4oc5cc(-c6ccc(N(c7ccccc7)c7cccc8c7sc7ccccc78)cc6)ccc5c4c3o2)cc1. The summed E-state index contributed by atoms with van der Waals surface area (Å²) in [6.45, 7) is 0. The highest BCUT2D eigenvalue weighted by molar-refractivity contribution is 7.26. The summed E-state index contributed by atoms with van der Waals surface area (Å²) in [6, 6.07) is 55.0. The maximum Gasteiger partial charge on any atom is 0.227 e. The topological polar surface area (TPSA) is 42.4 Å². The number of hydrogen-bond donors (Lipinski definition) is 0. The largest absolute Gasteiger partial charge is 0.456 e. The average molecular weight is 635 g/mol. The molecule has 0 atom stereocenters. The number of aromatic nitrogens is 1. The van der Waals surface area contributed by atoms with Crippen molar-refractivity contribution in [2.45, 2.75) is 0 Å². The van der Waals surface area contributed by atoms with Gasteiger partial charge >= 0.3 is 0 Å². The zero-order valence-electron chi connectivity index (χ0n) is 25.6. The molecule has 0 amide bonds. The Kier molecular flexibility index (Phi) is 6.01. The van der Waals surface area contributed by atoms with Gasteiger partial charge in [0.1, 0.15) is 16.7 Å². The van der Waals surface area contributed by atoms with E-state index < -0.39 is 0 Å². The molecule has 226 valence electrons. The Bertz CT molecular complexity index is 2780. The first-order valence-corrected chi connectivity index (χ1v) is 16.8. The van der Waals surface area contributed by atoms with Gasteiger partial charge in [-0.3, -0.25) is 0 Å². The molecule has 0 fully saturated rings. The summed E-state index contributed by atoms with van der Waals surface area (Å²) in [4.78, 5) is 7.12. The van der Waals surface area contributed by atoms with Gasteiger partial charge in [0.2, 0.25) is 5.89 Å². The first-order valence-electron chi connectivity index (χ1n) is 16.0. The summed E-state index contributed by atoms with van der Waals surface area (Å²) in [6.07, 6.45) is 0. The fourth-order valence-corrected chi connectivity index (χ4v) is 8.05. The van der Waals surface area contributed by atoms with Crippen LogP contribution in [0.25, 0.3) is 75.8 Å². The highest BCUT2D eigenvalue weighted by Gasteiger charge is 2.19. The van der Waals surface area contributed by atoms with Crippen LogP contribution in [0.3, 0.4) is 0 Å². The van der Waals surface area contributed by atoms with E-state index in [1.54, 1.807) is 0 Å². The molecule has 7 aromatic carbocycles. The van der Waals surface area contributed by atoms with Crippen molar-refractivity contribution in [1.82, 2.24) is 4.98 Å². The fourth-order valence-electron chi connectivity index (χ4n) is 6.85. The van der Waals surface area contributed by atoms with Crippen LogP contribution < -0.4 is 4.90 Å². The molecule has 0 radical (unpaired) electrons. The van der Waals surface area contributed by atoms with Gasteiger partial charge in [-0.05, 0) is 83.9 Å². The number of anilines is 3. The molecular weight excluding hydrogens is 609 g/mol. The molecule has 10 rings (SSSR count). The van der Waals surface area contributed by atoms with Gasteiger partial charge in [-0.15, -0.1) is 11.3 Å². The molecule has 0 aliphatic heterocycles. The molecule has 0 N–H and O–H groups in total. The minimum absolute atomic E-state index is 0.609. The van der Waals surface area contributed by atoms with E-state index in [1.165, 1.54) is 25.9 Å². The third-order valence-electron chi connectivity index (χ3n) is 9.11. The minimum Gasteiger partial charge on any atom is -0.456 e. The molecule has 48 heavy (non-hydrogen) atoms. The second kappa shape index (κ2) is 10.7. The molecule has 3 aromatic heterocycles. The van der Waals surface area contributed by atoms with Crippen molar-refractivity contribution in [1.29, 1.82) is 0 Å². The summed E-state index contributed by atoms with van der Waals surface area (Å²) in [5.41, 5.74) is 9.71. The first kappa shape index (κ1) is 27.0. The van der Waals surface area contributed by atoms with Crippen LogP contribution in [0.5, 0.6) is 0 Å². The lowest BCUT2D eigenvalue weighted by Gasteiger charge is -2.26. The van der Waals surface area contributed by atoms with E-state index in [9.17, 15) is 0 Å². The normalized spacial score (nSPS) is 11.8. The quantitative estimate of drug-likeness (QED) is 0.189. The number of fused-ring (bicyclic) bond motifs is 8. The van der Waals surface area contributed by atoms with Crippen molar-refractivity contribution < 1.29 is 8.83 Å². The summed E-state index contributed by atoms with van der Waals surface area (Å²) in [5.74, 6) is 0.609. The molecule has 0 unspecified atom stereocenters. The number of hydrogen-bond acceptors (Lipinski definition) is 5. The Labute approximate surface area is 279 Å². The third kappa shape index (κ3) is 4.25. The second-order valence-electron chi connectivity index (χ2n) is 12.0. The molecular formula is C43H26N2O2S. The molecule has 4 nitrogen and oxygen atoms in total. The van der Waals surface area contributed by atoms with E-state index in [1.807, 2.05) is 53.8 Å². The van der Waals surface area contributed by atoms with E-state index >= 15 is 0 Å². The molecule has 0 saturated heterocycles. The highest BCUT2D eigenvalue weighted by Crippen LogP contribution is 2.45. The number of thiophene rings is 1. The van der Waals surface area contributed by atoms with Gasteiger partial charge in [-0.2, -0.15) is 0 Å². The fraction of sp³-hybridized carbons (Fsp3) is 0. The van der Waals surface area contributed by atoms with Crippen LogP contribution in [-0.4, -0.2) is 4.98 Å². The number of furan rings is 1. The van der Waals surface area contributed by atoms with Crippen LogP contribution in [0, 0.1) is 0 Å². The Morgan fingerprint density at radius 2 is 1.23 bits per heavy atom. The Morgan fingerprint density at radius 1 is 0.500 bits per heavy atom. The van der Waals surface area contributed by atoms with E-state index in [0.717, 1.165) is 61.1 Å². The highest BCUT2D eigenvalue weighted by atomic mass is 32.1. The van der Waals surface area contributed by atoms with Crippen molar-refractivity contribution in [3.05, 3.63) is 158 Å². The zero-order chi connectivity index (χ0) is 31.6. The molecule has 3 heterocycles. The molecule has 10 aromatic rings. The third-order valence-corrected chi connectivity index (χ3v) is 10.3. The monoisotopic (exact) mass is 634 g/mol. The van der Waals surface area contributed by atoms with Crippen molar-refractivity contribution >= 4 is 81.6 Å².